The zero-order valence-corrected chi connectivity index (χ0v) is 15.3. The number of amides is 1. The molecule has 3 rings (SSSR count). The number of nitrogens with one attached hydrogen (secondary N) is 1. The van der Waals surface area contributed by atoms with Gasteiger partial charge in [-0.05, 0) is 12.8 Å². The molecular formula is C20H27N3O3. The Kier molecular flexibility index (Phi) is 6.80. The highest BCUT2D eigenvalue weighted by Gasteiger charge is 2.24. The Bertz CT molecular complexity index is 681. The summed E-state index contributed by atoms with van der Waals surface area (Å²) in [6.45, 7) is 2.79. The van der Waals surface area contributed by atoms with E-state index in [0.717, 1.165) is 55.8 Å². The van der Waals surface area contributed by atoms with Gasteiger partial charge >= 0.3 is 0 Å². The number of carbonyl (C=O) groups excluding carboxylic acids is 1. The zero-order chi connectivity index (χ0) is 18.2. The van der Waals surface area contributed by atoms with Crippen LogP contribution in [0.3, 0.4) is 0 Å². The van der Waals surface area contributed by atoms with Gasteiger partial charge in [-0.25, -0.2) is 0 Å². The van der Waals surface area contributed by atoms with Crippen LogP contribution in [-0.2, 0) is 16.0 Å². The first-order chi connectivity index (χ1) is 12.7. The molecule has 1 fully saturated rings. The molecule has 2 aromatic rings. The number of carbonyl (C=O) groups is 1. The highest BCUT2D eigenvalue weighted by Crippen LogP contribution is 2.19. The molecule has 1 aliphatic rings. The van der Waals surface area contributed by atoms with Crippen molar-refractivity contribution in [1.82, 2.24) is 15.4 Å². The van der Waals surface area contributed by atoms with Crippen LogP contribution in [-0.4, -0.2) is 55.4 Å². The molecule has 26 heavy (non-hydrogen) atoms. The summed E-state index contributed by atoms with van der Waals surface area (Å²) in [5.74, 6) is 0.981. The molecule has 1 aliphatic heterocycles. The first-order valence-electron chi connectivity index (χ1n) is 9.32. The predicted octanol–water partition coefficient (Wildman–Crippen LogP) is 2.50. The summed E-state index contributed by atoms with van der Waals surface area (Å²) in [7, 11) is 1.85. The lowest BCUT2D eigenvalue weighted by Gasteiger charge is -2.27. The number of morpholine rings is 1. The molecule has 0 aliphatic carbocycles. The molecule has 1 unspecified atom stereocenters. The topological polar surface area (TPSA) is 67.6 Å². The van der Waals surface area contributed by atoms with Crippen molar-refractivity contribution >= 4 is 5.91 Å². The van der Waals surface area contributed by atoms with E-state index in [1.807, 2.05) is 43.4 Å². The van der Waals surface area contributed by atoms with E-state index in [-0.39, 0.29) is 12.0 Å². The summed E-state index contributed by atoms with van der Waals surface area (Å²) >= 11 is 0. The maximum absolute atomic E-state index is 12.3. The van der Waals surface area contributed by atoms with Gasteiger partial charge in [0.2, 0.25) is 0 Å². The molecule has 6 nitrogen and oxygen atoms in total. The molecule has 2 heterocycles. The van der Waals surface area contributed by atoms with Crippen LogP contribution in [0, 0.1) is 0 Å². The number of hydrogen-bond donors (Lipinski definition) is 1. The van der Waals surface area contributed by atoms with Gasteiger partial charge in [0.05, 0.1) is 6.61 Å². The van der Waals surface area contributed by atoms with Gasteiger partial charge in [0.15, 0.2) is 0 Å². The second-order valence-electron chi connectivity index (χ2n) is 6.68. The fourth-order valence-corrected chi connectivity index (χ4v) is 3.08. The third-order valence-electron chi connectivity index (χ3n) is 4.62. The predicted molar refractivity (Wildman–Crippen MR) is 99.7 cm³/mol. The number of nitrogens with zero attached hydrogens (tertiary/aromatic N) is 2. The maximum Gasteiger partial charge on any atom is 0.252 e. The fraction of sp³-hybridized carbons (Fsp3) is 0.500. The lowest BCUT2D eigenvalue weighted by molar-refractivity contribution is -0.143. The minimum atomic E-state index is -0.334. The Morgan fingerprint density at radius 1 is 1.27 bits per heavy atom. The molecule has 1 aromatic carbocycles. The van der Waals surface area contributed by atoms with Gasteiger partial charge in [0, 0.05) is 44.7 Å². The fourth-order valence-electron chi connectivity index (χ4n) is 3.08. The highest BCUT2D eigenvalue weighted by molar-refractivity contribution is 5.81. The summed E-state index contributed by atoms with van der Waals surface area (Å²) in [6.07, 6.45) is 3.57. The van der Waals surface area contributed by atoms with Crippen LogP contribution < -0.4 is 5.32 Å². The van der Waals surface area contributed by atoms with E-state index in [0.29, 0.717) is 13.2 Å². The number of aryl methyl sites for hydroxylation is 1. The van der Waals surface area contributed by atoms with Crippen molar-refractivity contribution in [2.45, 2.75) is 31.8 Å². The summed E-state index contributed by atoms with van der Waals surface area (Å²) in [4.78, 5) is 14.0. The number of ether oxygens (including phenoxy) is 1. The van der Waals surface area contributed by atoms with Crippen LogP contribution >= 0.6 is 0 Å². The van der Waals surface area contributed by atoms with Crippen LogP contribution in [0.5, 0.6) is 0 Å². The Hall–Kier alpha value is -2.18. The first kappa shape index (κ1) is 18.6. The van der Waals surface area contributed by atoms with Crippen molar-refractivity contribution in [3.8, 4) is 11.3 Å². The Morgan fingerprint density at radius 3 is 2.88 bits per heavy atom. The minimum Gasteiger partial charge on any atom is -0.366 e. The van der Waals surface area contributed by atoms with E-state index in [1.54, 1.807) is 4.90 Å². The Labute approximate surface area is 154 Å². The molecule has 1 saturated heterocycles. The van der Waals surface area contributed by atoms with Gasteiger partial charge in [-0.2, -0.15) is 0 Å². The molecule has 0 saturated carbocycles. The Balaban J connectivity index is 1.34. The van der Waals surface area contributed by atoms with E-state index in [1.165, 1.54) is 0 Å². The van der Waals surface area contributed by atoms with Gasteiger partial charge in [-0.3, -0.25) is 4.79 Å². The average molecular weight is 357 g/mol. The van der Waals surface area contributed by atoms with E-state index >= 15 is 0 Å². The number of likely N-dealkylation sites (N-methyl/N-ethyl adjacent to an activating group) is 1. The minimum absolute atomic E-state index is 0.0694. The zero-order valence-electron chi connectivity index (χ0n) is 15.3. The monoisotopic (exact) mass is 357 g/mol. The number of aromatic nitrogens is 1. The summed E-state index contributed by atoms with van der Waals surface area (Å²) in [5, 5.41) is 7.33. The normalized spacial score (nSPS) is 17.2. The summed E-state index contributed by atoms with van der Waals surface area (Å²) in [5.41, 5.74) is 1.95. The van der Waals surface area contributed by atoms with Crippen LogP contribution in [0.25, 0.3) is 11.3 Å². The Morgan fingerprint density at radius 2 is 2.12 bits per heavy atom. The largest absolute Gasteiger partial charge is 0.366 e. The van der Waals surface area contributed by atoms with Crippen LogP contribution in [0.15, 0.2) is 40.9 Å². The standard InChI is InChI=1S/C20H27N3O3/c1-23(20(24)19-15-21-11-13-25-19)12-7-3-6-10-17-14-18(22-26-17)16-8-4-2-5-9-16/h2,4-5,8-9,14,19,21H,3,6-7,10-13,15H2,1H3. The first-order valence-corrected chi connectivity index (χ1v) is 9.32. The van der Waals surface area contributed by atoms with E-state index in [9.17, 15) is 4.79 Å². The molecule has 1 amide bonds. The second kappa shape index (κ2) is 9.50. The van der Waals surface area contributed by atoms with Crippen molar-refractivity contribution in [2.24, 2.45) is 0 Å². The molecule has 1 aromatic heterocycles. The van der Waals surface area contributed by atoms with E-state index in [4.69, 9.17) is 9.26 Å². The van der Waals surface area contributed by atoms with Crippen molar-refractivity contribution < 1.29 is 14.1 Å². The number of rotatable bonds is 8. The third-order valence-corrected chi connectivity index (χ3v) is 4.62. The SMILES string of the molecule is CN(CCCCCc1cc(-c2ccccc2)no1)C(=O)C1CNCCO1. The quantitative estimate of drug-likeness (QED) is 0.735. The van der Waals surface area contributed by atoms with Crippen LogP contribution in [0.4, 0.5) is 0 Å². The molecule has 1 N–H and O–H groups in total. The molecular weight excluding hydrogens is 330 g/mol. The van der Waals surface area contributed by atoms with Crippen molar-refractivity contribution in [1.29, 1.82) is 0 Å². The third kappa shape index (κ3) is 5.16. The molecule has 0 bridgehead atoms. The van der Waals surface area contributed by atoms with Gasteiger partial charge in [0.25, 0.3) is 5.91 Å². The number of unbranched alkanes of at least 4 members (excludes halogenated alkanes) is 2. The van der Waals surface area contributed by atoms with Crippen LogP contribution in [0.1, 0.15) is 25.0 Å². The van der Waals surface area contributed by atoms with E-state index in [2.05, 4.69) is 10.5 Å². The smallest absolute Gasteiger partial charge is 0.252 e. The summed E-state index contributed by atoms with van der Waals surface area (Å²) < 4.78 is 10.9. The highest BCUT2D eigenvalue weighted by atomic mass is 16.5. The van der Waals surface area contributed by atoms with Crippen molar-refractivity contribution in [3.05, 3.63) is 42.2 Å². The summed E-state index contributed by atoms with van der Waals surface area (Å²) in [6, 6.07) is 12.0. The second-order valence-corrected chi connectivity index (χ2v) is 6.68. The maximum atomic E-state index is 12.3. The molecule has 1 atom stereocenters. The van der Waals surface area contributed by atoms with Gasteiger partial charge in [0.1, 0.15) is 17.6 Å². The van der Waals surface area contributed by atoms with Gasteiger partial charge in [-0.15, -0.1) is 0 Å². The molecule has 0 spiro atoms. The lowest BCUT2D eigenvalue weighted by Crippen LogP contribution is -2.48. The van der Waals surface area contributed by atoms with E-state index < -0.39 is 0 Å². The number of benzene rings is 1. The van der Waals surface area contributed by atoms with Crippen LogP contribution in [0.2, 0.25) is 0 Å². The molecule has 6 heteroatoms. The molecule has 0 radical (unpaired) electrons. The van der Waals surface area contributed by atoms with Gasteiger partial charge in [-0.1, -0.05) is 41.9 Å². The lowest BCUT2D eigenvalue weighted by atomic mass is 10.1. The van der Waals surface area contributed by atoms with Crippen molar-refractivity contribution in [2.75, 3.05) is 33.3 Å². The molecule has 140 valence electrons. The van der Waals surface area contributed by atoms with Crippen molar-refractivity contribution in [3.63, 3.8) is 0 Å². The van der Waals surface area contributed by atoms with Gasteiger partial charge < -0.3 is 19.5 Å². The number of hydrogen-bond acceptors (Lipinski definition) is 5. The average Bonchev–Trinajstić information content (AvgIpc) is 3.17.